The number of phenols is 1. The fraction of sp³-hybridized carbons (Fsp3) is 0.562. The van der Waals surface area contributed by atoms with E-state index in [1.165, 1.54) is 0 Å². The van der Waals surface area contributed by atoms with Gasteiger partial charge in [0.1, 0.15) is 5.75 Å². The van der Waals surface area contributed by atoms with Gasteiger partial charge in [0.15, 0.2) is 5.78 Å². The number of carbonyl (C=O) groups is 1. The summed E-state index contributed by atoms with van der Waals surface area (Å²) in [6.45, 7) is 7.97. The first kappa shape index (κ1) is 15.0. The lowest BCUT2D eigenvalue weighted by Gasteiger charge is -2.38. The summed E-state index contributed by atoms with van der Waals surface area (Å²) in [5.74, 6) is 0.276. The molecule has 110 valence electrons. The van der Waals surface area contributed by atoms with E-state index in [4.69, 9.17) is 4.74 Å². The summed E-state index contributed by atoms with van der Waals surface area (Å²) < 4.78 is 5.68. The molecule has 0 aliphatic carbocycles. The summed E-state index contributed by atoms with van der Waals surface area (Å²) in [4.78, 5) is 13.8. The molecule has 0 radical (unpaired) electrons. The zero-order valence-electron chi connectivity index (χ0n) is 12.4. The highest BCUT2D eigenvalue weighted by Crippen LogP contribution is 2.24. The van der Waals surface area contributed by atoms with Crippen LogP contribution in [0.25, 0.3) is 0 Å². The molecule has 1 aliphatic rings. The van der Waals surface area contributed by atoms with Crippen LogP contribution in [0.15, 0.2) is 18.2 Å². The Kier molecular flexibility index (Phi) is 4.78. The van der Waals surface area contributed by atoms with E-state index in [9.17, 15) is 9.90 Å². The Morgan fingerprint density at radius 1 is 1.50 bits per heavy atom. The average molecular weight is 277 g/mol. The number of hydrogen-bond donors (Lipinski definition) is 1. The molecule has 0 bridgehead atoms. The maximum absolute atomic E-state index is 11.5. The predicted molar refractivity (Wildman–Crippen MR) is 78.0 cm³/mol. The fourth-order valence-corrected chi connectivity index (χ4v) is 2.63. The summed E-state index contributed by atoms with van der Waals surface area (Å²) in [7, 11) is 0. The lowest BCUT2D eigenvalue weighted by atomic mass is 10.0. The summed E-state index contributed by atoms with van der Waals surface area (Å²) in [6, 6.07) is 5.44. The Balaban J connectivity index is 2.19. The number of carbonyl (C=O) groups excluding carboxylic acids is 1. The molecule has 20 heavy (non-hydrogen) atoms. The largest absolute Gasteiger partial charge is 0.508 e. The standard InChI is InChI=1S/C16H23NO3/c1-4-15-10-20-11(2)8-17(15)9-14-7-13(12(3)18)5-6-16(14)19/h5-7,11,15,19H,4,8-10H2,1-3H3. The first-order chi connectivity index (χ1) is 9.51. The number of phenolic OH excluding ortho intramolecular Hbond substituents is 1. The van der Waals surface area contributed by atoms with E-state index in [0.717, 1.165) is 25.1 Å². The van der Waals surface area contributed by atoms with Gasteiger partial charge >= 0.3 is 0 Å². The first-order valence-electron chi connectivity index (χ1n) is 7.19. The minimum absolute atomic E-state index is 0.0219. The highest BCUT2D eigenvalue weighted by molar-refractivity contribution is 5.94. The van der Waals surface area contributed by atoms with Gasteiger partial charge in [0.25, 0.3) is 0 Å². The van der Waals surface area contributed by atoms with Crippen LogP contribution < -0.4 is 0 Å². The lowest BCUT2D eigenvalue weighted by Crippen LogP contribution is -2.47. The van der Waals surface area contributed by atoms with E-state index in [1.807, 2.05) is 0 Å². The number of nitrogens with zero attached hydrogens (tertiary/aromatic N) is 1. The number of Topliss-reactive ketones (excluding diaryl/α,β-unsaturated/α-hetero) is 1. The van der Waals surface area contributed by atoms with Crippen molar-refractivity contribution in [1.29, 1.82) is 0 Å². The average Bonchev–Trinajstić information content (AvgIpc) is 2.41. The second kappa shape index (κ2) is 6.37. The third-order valence-electron chi connectivity index (χ3n) is 3.91. The molecule has 1 fully saturated rings. The predicted octanol–water partition coefficient (Wildman–Crippen LogP) is 2.59. The van der Waals surface area contributed by atoms with Gasteiger partial charge in [-0.1, -0.05) is 6.92 Å². The van der Waals surface area contributed by atoms with Crippen LogP contribution in [0.4, 0.5) is 0 Å². The highest BCUT2D eigenvalue weighted by Gasteiger charge is 2.26. The Hall–Kier alpha value is -1.39. The van der Waals surface area contributed by atoms with Gasteiger partial charge < -0.3 is 9.84 Å². The molecule has 0 spiro atoms. The van der Waals surface area contributed by atoms with Crippen molar-refractivity contribution in [2.24, 2.45) is 0 Å². The Morgan fingerprint density at radius 3 is 2.90 bits per heavy atom. The molecule has 2 rings (SSSR count). The molecule has 1 aromatic carbocycles. The van der Waals surface area contributed by atoms with Gasteiger partial charge in [0.2, 0.25) is 0 Å². The minimum Gasteiger partial charge on any atom is -0.508 e. The van der Waals surface area contributed by atoms with E-state index in [-0.39, 0.29) is 17.6 Å². The molecule has 2 atom stereocenters. The molecule has 0 aromatic heterocycles. The van der Waals surface area contributed by atoms with Crippen molar-refractivity contribution in [3.05, 3.63) is 29.3 Å². The number of aromatic hydroxyl groups is 1. The van der Waals surface area contributed by atoms with Gasteiger partial charge in [0.05, 0.1) is 12.7 Å². The molecule has 1 aliphatic heterocycles. The van der Waals surface area contributed by atoms with Crippen molar-refractivity contribution in [1.82, 2.24) is 4.90 Å². The molecule has 1 saturated heterocycles. The minimum atomic E-state index is 0.0219. The van der Waals surface area contributed by atoms with Crippen LogP contribution in [0.5, 0.6) is 5.75 Å². The maximum Gasteiger partial charge on any atom is 0.159 e. The van der Waals surface area contributed by atoms with Gasteiger partial charge in [-0.25, -0.2) is 0 Å². The van der Waals surface area contributed by atoms with Crippen molar-refractivity contribution in [2.75, 3.05) is 13.2 Å². The monoisotopic (exact) mass is 277 g/mol. The Labute approximate surface area is 120 Å². The quantitative estimate of drug-likeness (QED) is 0.859. The van der Waals surface area contributed by atoms with Crippen LogP contribution in [-0.4, -0.2) is 41.1 Å². The van der Waals surface area contributed by atoms with Crippen LogP contribution in [0.3, 0.4) is 0 Å². The maximum atomic E-state index is 11.5. The molecule has 2 unspecified atom stereocenters. The molecular weight excluding hydrogens is 254 g/mol. The number of ketones is 1. The smallest absolute Gasteiger partial charge is 0.159 e. The van der Waals surface area contributed by atoms with Crippen molar-refractivity contribution in [2.45, 2.75) is 45.9 Å². The summed E-state index contributed by atoms with van der Waals surface area (Å²) in [6.07, 6.45) is 1.22. The van der Waals surface area contributed by atoms with Gasteiger partial charge in [-0.15, -0.1) is 0 Å². The van der Waals surface area contributed by atoms with Crippen molar-refractivity contribution < 1.29 is 14.6 Å². The normalized spacial score (nSPS) is 23.8. The van der Waals surface area contributed by atoms with E-state index in [0.29, 0.717) is 18.2 Å². The SMILES string of the molecule is CCC1COC(C)CN1Cc1cc(C(C)=O)ccc1O. The van der Waals surface area contributed by atoms with Gasteiger partial charge in [-0.2, -0.15) is 0 Å². The van der Waals surface area contributed by atoms with Crippen molar-refractivity contribution in [3.63, 3.8) is 0 Å². The highest BCUT2D eigenvalue weighted by atomic mass is 16.5. The van der Waals surface area contributed by atoms with Crippen molar-refractivity contribution in [3.8, 4) is 5.75 Å². The molecular formula is C16H23NO3. The van der Waals surface area contributed by atoms with Crippen LogP contribution in [0, 0.1) is 0 Å². The van der Waals surface area contributed by atoms with Crippen LogP contribution in [0.1, 0.15) is 43.1 Å². The third-order valence-corrected chi connectivity index (χ3v) is 3.91. The van der Waals surface area contributed by atoms with Crippen LogP contribution in [-0.2, 0) is 11.3 Å². The lowest BCUT2D eigenvalue weighted by molar-refractivity contribution is -0.0593. The summed E-state index contributed by atoms with van der Waals surface area (Å²) >= 11 is 0. The number of rotatable bonds is 4. The second-order valence-corrected chi connectivity index (χ2v) is 5.54. The number of benzene rings is 1. The summed E-state index contributed by atoms with van der Waals surface area (Å²) in [5.41, 5.74) is 1.46. The molecule has 1 aromatic rings. The number of morpholine rings is 1. The van der Waals surface area contributed by atoms with Crippen LogP contribution >= 0.6 is 0 Å². The van der Waals surface area contributed by atoms with E-state index in [2.05, 4.69) is 18.7 Å². The van der Waals surface area contributed by atoms with E-state index in [1.54, 1.807) is 25.1 Å². The number of hydrogen-bond acceptors (Lipinski definition) is 4. The van der Waals surface area contributed by atoms with Gasteiger partial charge in [-0.3, -0.25) is 9.69 Å². The van der Waals surface area contributed by atoms with Gasteiger partial charge in [0, 0.05) is 30.3 Å². The van der Waals surface area contributed by atoms with Gasteiger partial charge in [-0.05, 0) is 38.5 Å². The van der Waals surface area contributed by atoms with E-state index < -0.39 is 0 Å². The zero-order chi connectivity index (χ0) is 14.7. The molecule has 0 saturated carbocycles. The topological polar surface area (TPSA) is 49.8 Å². The third kappa shape index (κ3) is 3.38. The zero-order valence-corrected chi connectivity index (χ0v) is 12.4. The van der Waals surface area contributed by atoms with Crippen molar-refractivity contribution >= 4 is 5.78 Å². The fourth-order valence-electron chi connectivity index (χ4n) is 2.63. The first-order valence-corrected chi connectivity index (χ1v) is 7.19. The number of ether oxygens (including phenoxy) is 1. The molecule has 0 amide bonds. The molecule has 4 heteroatoms. The Morgan fingerprint density at radius 2 is 2.25 bits per heavy atom. The molecule has 1 N–H and O–H groups in total. The molecule has 1 heterocycles. The second-order valence-electron chi connectivity index (χ2n) is 5.54. The van der Waals surface area contributed by atoms with E-state index >= 15 is 0 Å². The van der Waals surface area contributed by atoms with Crippen LogP contribution in [0.2, 0.25) is 0 Å². The Bertz CT molecular complexity index is 487. The molecule has 4 nitrogen and oxygen atoms in total. The summed E-state index contributed by atoms with van der Waals surface area (Å²) in [5, 5.41) is 10.0.